The number of nitrogens with one attached hydrogen (secondary N) is 1. The Morgan fingerprint density at radius 1 is 1.57 bits per heavy atom. The molecule has 82 valence electrons. The molecule has 1 unspecified atom stereocenters. The molecule has 4 N–H and O–H groups in total. The van der Waals surface area contributed by atoms with Crippen molar-refractivity contribution < 1.29 is 5.11 Å². The number of hydrogen-bond acceptors (Lipinski definition) is 3. The normalized spacial score (nSPS) is 23.6. The van der Waals surface area contributed by atoms with Crippen LogP contribution in [0, 0.1) is 11.3 Å². The first-order chi connectivity index (χ1) is 6.72. The van der Waals surface area contributed by atoms with Crippen molar-refractivity contribution in [3.63, 3.8) is 0 Å². The standard InChI is InChI=1S/C10H21N3O/c11-10(12)4-2-6-13-5-1-3-9(7-13)8-14/h9,14H,1-8H2,(H3,11,12). The van der Waals surface area contributed by atoms with Crippen molar-refractivity contribution in [1.29, 1.82) is 5.41 Å². The number of nitrogens with two attached hydrogens (primary N) is 1. The van der Waals surface area contributed by atoms with Gasteiger partial charge in [0.2, 0.25) is 0 Å². The lowest BCUT2D eigenvalue weighted by Gasteiger charge is -2.31. The second-order valence-electron chi connectivity index (χ2n) is 4.12. The molecule has 0 aliphatic carbocycles. The van der Waals surface area contributed by atoms with Crippen molar-refractivity contribution in [2.75, 3.05) is 26.2 Å². The second kappa shape index (κ2) is 5.98. The SMILES string of the molecule is N=C(N)CCCN1CCCC(CO)C1. The van der Waals surface area contributed by atoms with E-state index in [1.807, 2.05) is 0 Å². The number of aliphatic hydroxyl groups is 1. The quantitative estimate of drug-likeness (QED) is 0.443. The molecule has 1 saturated heterocycles. The maximum atomic E-state index is 9.04. The third kappa shape index (κ3) is 4.07. The van der Waals surface area contributed by atoms with Gasteiger partial charge in [0.1, 0.15) is 0 Å². The Kier molecular flexibility index (Phi) is 4.90. The predicted octanol–water partition coefficient (Wildman–Crippen LogP) is 0.407. The van der Waals surface area contributed by atoms with Crippen molar-refractivity contribution in [2.45, 2.75) is 25.7 Å². The predicted molar refractivity (Wildman–Crippen MR) is 57.4 cm³/mol. The lowest BCUT2D eigenvalue weighted by atomic mass is 9.99. The van der Waals surface area contributed by atoms with Gasteiger partial charge in [-0.15, -0.1) is 0 Å². The number of aliphatic hydroxyl groups excluding tert-OH is 1. The molecule has 0 aromatic carbocycles. The van der Waals surface area contributed by atoms with E-state index in [0.717, 1.165) is 32.5 Å². The van der Waals surface area contributed by atoms with Crippen LogP contribution in [0.1, 0.15) is 25.7 Å². The number of nitrogens with zero attached hydrogens (tertiary/aromatic N) is 1. The summed E-state index contributed by atoms with van der Waals surface area (Å²) in [5.41, 5.74) is 5.29. The molecular weight excluding hydrogens is 178 g/mol. The van der Waals surface area contributed by atoms with Gasteiger partial charge in [0, 0.05) is 19.6 Å². The van der Waals surface area contributed by atoms with Gasteiger partial charge in [-0.1, -0.05) is 0 Å². The highest BCUT2D eigenvalue weighted by Crippen LogP contribution is 2.15. The van der Waals surface area contributed by atoms with Crippen molar-refractivity contribution >= 4 is 5.84 Å². The monoisotopic (exact) mass is 199 g/mol. The van der Waals surface area contributed by atoms with E-state index in [1.165, 1.54) is 6.42 Å². The molecule has 1 fully saturated rings. The molecule has 0 aromatic heterocycles. The Morgan fingerprint density at radius 3 is 3.00 bits per heavy atom. The summed E-state index contributed by atoms with van der Waals surface area (Å²) in [7, 11) is 0. The zero-order valence-corrected chi connectivity index (χ0v) is 8.71. The summed E-state index contributed by atoms with van der Waals surface area (Å²) in [4.78, 5) is 2.37. The first kappa shape index (κ1) is 11.5. The molecule has 0 saturated carbocycles. The van der Waals surface area contributed by atoms with Crippen LogP contribution < -0.4 is 5.73 Å². The lowest BCUT2D eigenvalue weighted by Crippen LogP contribution is -2.37. The number of likely N-dealkylation sites (tertiary alicyclic amines) is 1. The third-order valence-corrected chi connectivity index (χ3v) is 2.78. The zero-order chi connectivity index (χ0) is 10.4. The average Bonchev–Trinajstić information content (AvgIpc) is 2.18. The van der Waals surface area contributed by atoms with Crippen molar-refractivity contribution in [2.24, 2.45) is 11.7 Å². The fourth-order valence-corrected chi connectivity index (χ4v) is 2.00. The Balaban J connectivity index is 2.14. The van der Waals surface area contributed by atoms with Gasteiger partial charge in [-0.3, -0.25) is 5.41 Å². The van der Waals surface area contributed by atoms with E-state index in [2.05, 4.69) is 4.90 Å². The topological polar surface area (TPSA) is 73.3 Å². The lowest BCUT2D eigenvalue weighted by molar-refractivity contribution is 0.120. The van der Waals surface area contributed by atoms with Crippen LogP contribution in [0.5, 0.6) is 0 Å². The van der Waals surface area contributed by atoms with Gasteiger partial charge in [-0.25, -0.2) is 0 Å². The van der Waals surface area contributed by atoms with Crippen molar-refractivity contribution in [3.05, 3.63) is 0 Å². The van der Waals surface area contributed by atoms with Gasteiger partial charge in [0.15, 0.2) is 0 Å². The molecule has 1 heterocycles. The highest BCUT2D eigenvalue weighted by Gasteiger charge is 2.18. The summed E-state index contributed by atoms with van der Waals surface area (Å²) >= 11 is 0. The van der Waals surface area contributed by atoms with Crippen LogP contribution in [0.15, 0.2) is 0 Å². The molecule has 1 aliphatic heterocycles. The van der Waals surface area contributed by atoms with E-state index >= 15 is 0 Å². The number of hydrogen-bond donors (Lipinski definition) is 3. The molecule has 0 aromatic rings. The van der Waals surface area contributed by atoms with Crippen molar-refractivity contribution in [3.8, 4) is 0 Å². The van der Waals surface area contributed by atoms with Gasteiger partial charge in [-0.2, -0.15) is 0 Å². The summed E-state index contributed by atoms with van der Waals surface area (Å²) in [6, 6.07) is 0. The van der Waals surface area contributed by atoms with Gasteiger partial charge in [0.25, 0.3) is 0 Å². The Morgan fingerprint density at radius 2 is 2.36 bits per heavy atom. The van der Waals surface area contributed by atoms with E-state index in [0.29, 0.717) is 18.9 Å². The minimum atomic E-state index is 0.278. The van der Waals surface area contributed by atoms with Crippen LogP contribution in [0.4, 0.5) is 0 Å². The molecule has 0 spiro atoms. The van der Waals surface area contributed by atoms with E-state index in [9.17, 15) is 0 Å². The largest absolute Gasteiger partial charge is 0.396 e. The Hall–Kier alpha value is -0.610. The molecule has 0 bridgehead atoms. The highest BCUT2D eigenvalue weighted by molar-refractivity contribution is 5.76. The summed E-state index contributed by atoms with van der Waals surface area (Å²) in [5.74, 6) is 0.738. The molecule has 4 nitrogen and oxygen atoms in total. The second-order valence-corrected chi connectivity index (χ2v) is 4.12. The van der Waals surface area contributed by atoms with Crippen LogP contribution in [0.2, 0.25) is 0 Å². The maximum Gasteiger partial charge on any atom is 0.0905 e. The van der Waals surface area contributed by atoms with E-state index in [1.54, 1.807) is 0 Å². The van der Waals surface area contributed by atoms with Crippen LogP contribution in [0.3, 0.4) is 0 Å². The fraction of sp³-hybridized carbons (Fsp3) is 0.900. The molecule has 14 heavy (non-hydrogen) atoms. The van der Waals surface area contributed by atoms with Crippen molar-refractivity contribution in [1.82, 2.24) is 4.90 Å². The fourth-order valence-electron chi connectivity index (χ4n) is 2.00. The molecule has 0 amide bonds. The minimum absolute atomic E-state index is 0.278. The van der Waals surface area contributed by atoms with Gasteiger partial charge >= 0.3 is 0 Å². The summed E-state index contributed by atoms with van der Waals surface area (Å²) in [6.07, 6.45) is 4.00. The molecule has 1 aliphatic rings. The number of rotatable bonds is 5. The maximum absolute atomic E-state index is 9.04. The first-order valence-corrected chi connectivity index (χ1v) is 5.38. The highest BCUT2D eigenvalue weighted by atomic mass is 16.3. The van der Waals surface area contributed by atoms with Crippen LogP contribution in [-0.2, 0) is 0 Å². The molecule has 1 rings (SSSR count). The van der Waals surface area contributed by atoms with Crippen LogP contribution >= 0.6 is 0 Å². The number of piperidine rings is 1. The Bertz CT molecular complexity index is 184. The van der Waals surface area contributed by atoms with Gasteiger partial charge in [0.05, 0.1) is 5.84 Å². The van der Waals surface area contributed by atoms with E-state index in [-0.39, 0.29) is 5.84 Å². The summed E-state index contributed by atoms with van der Waals surface area (Å²) < 4.78 is 0. The third-order valence-electron chi connectivity index (χ3n) is 2.78. The molecular formula is C10H21N3O. The van der Waals surface area contributed by atoms with E-state index < -0.39 is 0 Å². The molecule has 4 heteroatoms. The summed E-state index contributed by atoms with van der Waals surface area (Å²) in [5, 5.41) is 16.1. The Labute approximate surface area is 85.6 Å². The minimum Gasteiger partial charge on any atom is -0.396 e. The smallest absolute Gasteiger partial charge is 0.0905 e. The summed E-state index contributed by atoms with van der Waals surface area (Å²) in [6.45, 7) is 3.46. The van der Waals surface area contributed by atoms with Crippen LogP contribution in [0.25, 0.3) is 0 Å². The van der Waals surface area contributed by atoms with E-state index in [4.69, 9.17) is 16.2 Å². The molecule has 0 radical (unpaired) electrons. The zero-order valence-electron chi connectivity index (χ0n) is 8.71. The number of amidine groups is 1. The average molecular weight is 199 g/mol. The first-order valence-electron chi connectivity index (χ1n) is 5.38. The van der Waals surface area contributed by atoms with Crippen LogP contribution in [-0.4, -0.2) is 42.1 Å². The van der Waals surface area contributed by atoms with Gasteiger partial charge in [-0.05, 0) is 38.3 Å². The molecule has 1 atom stereocenters. The van der Waals surface area contributed by atoms with Gasteiger partial charge < -0.3 is 15.7 Å².